The Morgan fingerprint density at radius 2 is 2.11 bits per heavy atom. The summed E-state index contributed by atoms with van der Waals surface area (Å²) in [6, 6.07) is 8.37. The lowest BCUT2D eigenvalue weighted by molar-refractivity contribution is 0.196. The van der Waals surface area contributed by atoms with Crippen molar-refractivity contribution in [2.75, 3.05) is 5.32 Å². The van der Waals surface area contributed by atoms with Gasteiger partial charge in [-0.15, -0.1) is 0 Å². The fourth-order valence-electron chi connectivity index (χ4n) is 2.24. The van der Waals surface area contributed by atoms with Crippen molar-refractivity contribution in [1.29, 1.82) is 0 Å². The predicted octanol–water partition coefficient (Wildman–Crippen LogP) is 2.17. The molecule has 2 amide bonds. The van der Waals surface area contributed by atoms with Gasteiger partial charge in [-0.25, -0.2) is 10.6 Å². The van der Waals surface area contributed by atoms with E-state index in [9.17, 15) is 4.79 Å². The van der Waals surface area contributed by atoms with Crippen molar-refractivity contribution in [3.05, 3.63) is 30.3 Å². The second-order valence-corrected chi connectivity index (χ2v) is 4.56. The van der Waals surface area contributed by atoms with E-state index in [1.54, 1.807) is 12.1 Å². The number of nitrogens with two attached hydrogens (primary N) is 1. The topological polar surface area (TPSA) is 91.0 Å². The van der Waals surface area contributed by atoms with Crippen molar-refractivity contribution < 1.29 is 10.0 Å². The minimum absolute atomic E-state index is 0.331. The molecule has 2 rings (SSSR count). The number of hydrazine groups is 1. The molecule has 1 aliphatic carbocycles. The monoisotopic (exact) mass is 262 g/mol. The third-order valence-electron chi connectivity index (χ3n) is 3.27. The molecule has 0 saturated heterocycles. The van der Waals surface area contributed by atoms with Gasteiger partial charge in [-0.1, -0.05) is 29.8 Å². The minimum Gasteiger partial charge on any atom is -0.411 e. The Labute approximate surface area is 111 Å². The zero-order chi connectivity index (χ0) is 13.7. The van der Waals surface area contributed by atoms with Gasteiger partial charge in [0.2, 0.25) is 0 Å². The summed E-state index contributed by atoms with van der Waals surface area (Å²) in [5.74, 6) is 5.84. The van der Waals surface area contributed by atoms with Gasteiger partial charge in [0.1, 0.15) is 0 Å². The first kappa shape index (κ1) is 13.4. The minimum atomic E-state index is -0.403. The van der Waals surface area contributed by atoms with Crippen LogP contribution in [-0.4, -0.2) is 28.0 Å². The molecule has 19 heavy (non-hydrogen) atoms. The number of urea groups is 1. The van der Waals surface area contributed by atoms with E-state index < -0.39 is 6.03 Å². The van der Waals surface area contributed by atoms with Crippen LogP contribution in [0.2, 0.25) is 0 Å². The van der Waals surface area contributed by atoms with Crippen molar-refractivity contribution in [3.63, 3.8) is 0 Å². The Morgan fingerprint density at radius 1 is 1.37 bits per heavy atom. The van der Waals surface area contributed by atoms with Crippen LogP contribution < -0.4 is 11.2 Å². The summed E-state index contributed by atoms with van der Waals surface area (Å²) < 4.78 is 0. The van der Waals surface area contributed by atoms with Crippen molar-refractivity contribution >= 4 is 17.4 Å². The normalized spacial score (nSPS) is 21.1. The van der Waals surface area contributed by atoms with Gasteiger partial charge >= 0.3 is 6.03 Å². The Balaban J connectivity index is 2.02. The molecule has 0 aromatic heterocycles. The van der Waals surface area contributed by atoms with E-state index in [0.717, 1.165) is 24.3 Å². The number of hydrogen-bond donors (Lipinski definition) is 3. The van der Waals surface area contributed by atoms with Gasteiger partial charge in [-0.3, -0.25) is 5.01 Å². The summed E-state index contributed by atoms with van der Waals surface area (Å²) in [5, 5.41) is 16.0. The quantitative estimate of drug-likeness (QED) is 0.330. The van der Waals surface area contributed by atoms with Gasteiger partial charge in [0.05, 0.1) is 11.8 Å². The Kier molecular flexibility index (Phi) is 4.35. The van der Waals surface area contributed by atoms with Crippen molar-refractivity contribution in [3.8, 4) is 0 Å². The molecule has 1 aromatic carbocycles. The second kappa shape index (κ2) is 6.19. The van der Waals surface area contributed by atoms with E-state index in [4.69, 9.17) is 11.0 Å². The average molecular weight is 262 g/mol. The number of rotatable bonds is 2. The van der Waals surface area contributed by atoms with Crippen LogP contribution in [0.25, 0.3) is 0 Å². The third-order valence-corrected chi connectivity index (χ3v) is 3.27. The smallest absolute Gasteiger partial charge is 0.336 e. The number of nitrogens with one attached hydrogen (secondary N) is 1. The molecule has 1 aliphatic rings. The van der Waals surface area contributed by atoms with Gasteiger partial charge < -0.3 is 10.5 Å². The molecule has 1 unspecified atom stereocenters. The van der Waals surface area contributed by atoms with Crippen LogP contribution >= 0.6 is 0 Å². The highest BCUT2D eigenvalue weighted by Gasteiger charge is 2.28. The highest BCUT2D eigenvalue weighted by atomic mass is 16.4. The van der Waals surface area contributed by atoms with E-state index in [-0.39, 0.29) is 6.04 Å². The first-order chi connectivity index (χ1) is 9.22. The summed E-state index contributed by atoms with van der Waals surface area (Å²) in [6.07, 6.45) is 3.33. The van der Waals surface area contributed by atoms with Crippen LogP contribution in [0.5, 0.6) is 0 Å². The zero-order valence-corrected chi connectivity index (χ0v) is 10.6. The number of hydrogen-bond acceptors (Lipinski definition) is 4. The van der Waals surface area contributed by atoms with E-state index in [1.165, 1.54) is 0 Å². The van der Waals surface area contributed by atoms with Gasteiger partial charge in [0.25, 0.3) is 0 Å². The average Bonchev–Trinajstić information content (AvgIpc) is 2.47. The molecule has 0 aliphatic heterocycles. The fraction of sp³-hybridized carbons (Fsp3) is 0.385. The third kappa shape index (κ3) is 3.23. The molecule has 1 saturated carbocycles. The molecule has 1 atom stereocenters. The molecule has 6 heteroatoms. The molecular formula is C13H18N4O2. The number of nitrogens with zero attached hydrogens (tertiary/aromatic N) is 2. The number of para-hydroxylation sites is 1. The molecule has 6 nitrogen and oxygen atoms in total. The highest BCUT2D eigenvalue weighted by Crippen LogP contribution is 2.19. The van der Waals surface area contributed by atoms with Gasteiger partial charge in [0.15, 0.2) is 0 Å². The van der Waals surface area contributed by atoms with E-state index >= 15 is 0 Å². The molecule has 1 aromatic rings. The molecule has 0 spiro atoms. The summed E-state index contributed by atoms with van der Waals surface area (Å²) in [6.45, 7) is 0. The van der Waals surface area contributed by atoms with Crippen molar-refractivity contribution in [2.24, 2.45) is 11.0 Å². The molecule has 0 bridgehead atoms. The molecule has 4 N–H and O–H groups in total. The lowest BCUT2D eigenvalue weighted by Crippen LogP contribution is -2.52. The van der Waals surface area contributed by atoms with Gasteiger partial charge in [-0.05, 0) is 31.4 Å². The van der Waals surface area contributed by atoms with Gasteiger partial charge in [-0.2, -0.15) is 0 Å². The van der Waals surface area contributed by atoms with Crippen molar-refractivity contribution in [1.82, 2.24) is 5.01 Å². The lowest BCUT2D eigenvalue weighted by Gasteiger charge is -2.30. The Morgan fingerprint density at radius 3 is 2.79 bits per heavy atom. The molecule has 0 heterocycles. The number of amides is 2. The first-order valence-electron chi connectivity index (χ1n) is 6.33. The van der Waals surface area contributed by atoms with E-state index in [2.05, 4.69) is 10.5 Å². The lowest BCUT2D eigenvalue weighted by atomic mass is 9.93. The van der Waals surface area contributed by atoms with Crippen LogP contribution in [0.4, 0.5) is 10.5 Å². The summed E-state index contributed by atoms with van der Waals surface area (Å²) in [4.78, 5) is 12.0. The second-order valence-electron chi connectivity index (χ2n) is 4.56. The number of oxime groups is 1. The number of benzene rings is 1. The fourth-order valence-corrected chi connectivity index (χ4v) is 2.24. The maximum atomic E-state index is 12.0. The summed E-state index contributed by atoms with van der Waals surface area (Å²) in [7, 11) is 0. The number of carbonyl (C=O) groups is 1. The van der Waals surface area contributed by atoms with Crippen LogP contribution in [0.1, 0.15) is 25.7 Å². The van der Waals surface area contributed by atoms with Crippen LogP contribution in [-0.2, 0) is 0 Å². The number of anilines is 1. The van der Waals surface area contributed by atoms with E-state index in [1.807, 2.05) is 18.2 Å². The molecule has 0 radical (unpaired) electrons. The van der Waals surface area contributed by atoms with Crippen molar-refractivity contribution in [2.45, 2.75) is 31.7 Å². The standard InChI is InChI=1S/C13H18N4O2/c14-17(12-9-5-4-8-11(12)16-19)13(18)15-10-6-2-1-3-7-10/h1-3,6-7,12,19H,4-5,8-9,14H2,(H,15,18)/b16-11+. The summed E-state index contributed by atoms with van der Waals surface area (Å²) >= 11 is 0. The maximum absolute atomic E-state index is 12.0. The maximum Gasteiger partial charge on any atom is 0.336 e. The first-order valence-corrected chi connectivity index (χ1v) is 6.33. The Bertz CT molecular complexity index is 461. The van der Waals surface area contributed by atoms with Crippen LogP contribution in [0.3, 0.4) is 0 Å². The SMILES string of the molecule is NN(C(=O)Nc1ccccc1)C1CCCC/C1=N\O. The molecule has 102 valence electrons. The summed E-state index contributed by atoms with van der Waals surface area (Å²) in [5.41, 5.74) is 1.25. The molecular weight excluding hydrogens is 244 g/mol. The van der Waals surface area contributed by atoms with Crippen LogP contribution in [0.15, 0.2) is 35.5 Å². The largest absolute Gasteiger partial charge is 0.411 e. The number of carbonyl (C=O) groups excluding carboxylic acids is 1. The Hall–Kier alpha value is -2.08. The zero-order valence-electron chi connectivity index (χ0n) is 10.6. The highest BCUT2D eigenvalue weighted by molar-refractivity contribution is 5.96. The van der Waals surface area contributed by atoms with Crippen LogP contribution in [0, 0.1) is 0 Å². The predicted molar refractivity (Wildman–Crippen MR) is 73.0 cm³/mol. The van der Waals surface area contributed by atoms with Gasteiger partial charge in [0, 0.05) is 5.69 Å². The van der Waals surface area contributed by atoms with E-state index in [0.29, 0.717) is 17.8 Å². The molecule has 1 fully saturated rings.